The van der Waals surface area contributed by atoms with Gasteiger partial charge in [0.2, 0.25) is 5.91 Å². The summed E-state index contributed by atoms with van der Waals surface area (Å²) in [7, 11) is 0. The Morgan fingerprint density at radius 2 is 1.50 bits per heavy atom. The molecular weight excluding hydrogens is 250 g/mol. The minimum Gasteiger partial charge on any atom is -0.342 e. The van der Waals surface area contributed by atoms with E-state index in [1.165, 1.54) is 0 Å². The average Bonchev–Trinajstić information content (AvgIpc) is 2.48. The maximum atomic E-state index is 12.2. The topological polar surface area (TPSA) is 37.4 Å². The van der Waals surface area contributed by atoms with Gasteiger partial charge in [0, 0.05) is 18.7 Å². The van der Waals surface area contributed by atoms with Crippen LogP contribution in [0.25, 0.3) is 0 Å². The lowest BCUT2D eigenvalue weighted by atomic mass is 10.1. The molecule has 1 amide bonds. The Morgan fingerprint density at radius 3 is 2.00 bits per heavy atom. The molecule has 0 fully saturated rings. The van der Waals surface area contributed by atoms with Gasteiger partial charge in [0.1, 0.15) is 0 Å². The fourth-order valence-corrected chi connectivity index (χ4v) is 2.03. The summed E-state index contributed by atoms with van der Waals surface area (Å²) in [6, 6.07) is 9.04. The second-order valence-electron chi connectivity index (χ2n) is 5.05. The normalized spacial score (nSPS) is 10.3. The highest BCUT2D eigenvalue weighted by molar-refractivity contribution is 6.07. The average molecular weight is 275 g/mol. The van der Waals surface area contributed by atoms with Crippen LogP contribution in [-0.2, 0) is 4.79 Å². The summed E-state index contributed by atoms with van der Waals surface area (Å²) in [6.07, 6.45) is 4.09. The van der Waals surface area contributed by atoms with Crippen molar-refractivity contribution in [1.82, 2.24) is 4.90 Å². The number of amides is 1. The number of benzene rings is 1. The molecule has 0 bridgehead atoms. The SMILES string of the molecule is CCCCN(CCCC)C(=O)CC(=O)c1ccccc1. The van der Waals surface area contributed by atoms with Crippen LogP contribution in [0.3, 0.4) is 0 Å². The molecule has 0 radical (unpaired) electrons. The molecule has 0 saturated heterocycles. The third-order valence-electron chi connectivity index (χ3n) is 3.32. The Morgan fingerprint density at radius 1 is 0.950 bits per heavy atom. The van der Waals surface area contributed by atoms with Crippen LogP contribution in [0.4, 0.5) is 0 Å². The van der Waals surface area contributed by atoms with Gasteiger partial charge in [-0.2, -0.15) is 0 Å². The largest absolute Gasteiger partial charge is 0.342 e. The van der Waals surface area contributed by atoms with Crippen LogP contribution in [0.1, 0.15) is 56.3 Å². The predicted octanol–water partition coefficient (Wildman–Crippen LogP) is 3.69. The smallest absolute Gasteiger partial charge is 0.230 e. The molecule has 110 valence electrons. The highest BCUT2D eigenvalue weighted by atomic mass is 16.2. The van der Waals surface area contributed by atoms with Gasteiger partial charge in [-0.15, -0.1) is 0 Å². The predicted molar refractivity (Wildman–Crippen MR) is 81.8 cm³/mol. The van der Waals surface area contributed by atoms with E-state index in [4.69, 9.17) is 0 Å². The summed E-state index contributed by atoms with van der Waals surface area (Å²) < 4.78 is 0. The first-order chi connectivity index (χ1) is 9.69. The molecule has 0 aliphatic heterocycles. The van der Waals surface area contributed by atoms with Crippen LogP contribution in [-0.4, -0.2) is 29.7 Å². The molecule has 0 saturated carbocycles. The van der Waals surface area contributed by atoms with Gasteiger partial charge in [-0.05, 0) is 12.8 Å². The third kappa shape index (κ3) is 5.55. The van der Waals surface area contributed by atoms with Crippen molar-refractivity contribution in [1.29, 1.82) is 0 Å². The maximum Gasteiger partial charge on any atom is 0.230 e. The zero-order chi connectivity index (χ0) is 14.8. The van der Waals surface area contributed by atoms with Crippen molar-refractivity contribution >= 4 is 11.7 Å². The molecule has 1 aromatic rings. The summed E-state index contributed by atoms with van der Waals surface area (Å²) in [4.78, 5) is 26.1. The van der Waals surface area contributed by atoms with Gasteiger partial charge in [-0.25, -0.2) is 0 Å². The number of Topliss-reactive ketones (excluding diaryl/α,β-unsaturated/α-hetero) is 1. The number of rotatable bonds is 9. The first-order valence-electron chi connectivity index (χ1n) is 7.55. The third-order valence-corrected chi connectivity index (χ3v) is 3.32. The van der Waals surface area contributed by atoms with Crippen LogP contribution in [0.2, 0.25) is 0 Å². The zero-order valence-corrected chi connectivity index (χ0v) is 12.6. The van der Waals surface area contributed by atoms with Gasteiger partial charge in [0.15, 0.2) is 5.78 Å². The summed E-state index contributed by atoms with van der Waals surface area (Å²) >= 11 is 0. The van der Waals surface area contributed by atoms with Gasteiger partial charge in [-0.3, -0.25) is 9.59 Å². The van der Waals surface area contributed by atoms with Crippen molar-refractivity contribution in [3.63, 3.8) is 0 Å². The standard InChI is InChI=1S/C17H25NO2/c1-3-5-12-18(13-6-4-2)17(20)14-16(19)15-10-8-7-9-11-15/h7-11H,3-6,12-14H2,1-2H3. The molecule has 0 aromatic heterocycles. The van der Waals surface area contributed by atoms with E-state index in [-0.39, 0.29) is 18.1 Å². The van der Waals surface area contributed by atoms with Gasteiger partial charge in [0.25, 0.3) is 0 Å². The first kappa shape index (κ1) is 16.4. The molecule has 0 aliphatic carbocycles. The first-order valence-corrected chi connectivity index (χ1v) is 7.55. The summed E-state index contributed by atoms with van der Waals surface area (Å²) in [5.74, 6) is -0.130. The lowest BCUT2D eigenvalue weighted by Gasteiger charge is -2.22. The summed E-state index contributed by atoms with van der Waals surface area (Å²) in [5, 5.41) is 0. The number of hydrogen-bond acceptors (Lipinski definition) is 2. The molecule has 1 aromatic carbocycles. The highest BCUT2D eigenvalue weighted by Gasteiger charge is 2.17. The Kier molecular flexibility index (Phi) is 7.63. The van der Waals surface area contributed by atoms with Crippen molar-refractivity contribution in [2.75, 3.05) is 13.1 Å². The van der Waals surface area contributed by atoms with E-state index in [1.54, 1.807) is 12.1 Å². The molecule has 0 atom stereocenters. The number of carbonyl (C=O) groups is 2. The van der Waals surface area contributed by atoms with Crippen LogP contribution < -0.4 is 0 Å². The Labute approximate surface area is 122 Å². The second-order valence-corrected chi connectivity index (χ2v) is 5.05. The lowest BCUT2D eigenvalue weighted by molar-refractivity contribution is -0.130. The molecule has 20 heavy (non-hydrogen) atoms. The van der Waals surface area contributed by atoms with Crippen LogP contribution in [0.5, 0.6) is 0 Å². The highest BCUT2D eigenvalue weighted by Crippen LogP contribution is 2.07. The van der Waals surface area contributed by atoms with E-state index in [1.807, 2.05) is 23.1 Å². The van der Waals surface area contributed by atoms with Crippen LogP contribution in [0.15, 0.2) is 30.3 Å². The molecule has 0 heterocycles. The number of hydrogen-bond donors (Lipinski definition) is 0. The maximum absolute atomic E-state index is 12.2. The molecule has 0 N–H and O–H groups in total. The number of carbonyl (C=O) groups excluding carboxylic acids is 2. The number of ketones is 1. The van der Waals surface area contributed by atoms with E-state index < -0.39 is 0 Å². The monoisotopic (exact) mass is 275 g/mol. The van der Waals surface area contributed by atoms with E-state index in [0.29, 0.717) is 5.56 Å². The fourth-order valence-electron chi connectivity index (χ4n) is 2.03. The Hall–Kier alpha value is -1.64. The van der Waals surface area contributed by atoms with E-state index in [2.05, 4.69) is 13.8 Å². The molecule has 0 unspecified atom stereocenters. The van der Waals surface area contributed by atoms with E-state index in [0.717, 1.165) is 38.8 Å². The minimum atomic E-state index is -0.0893. The van der Waals surface area contributed by atoms with Crippen molar-refractivity contribution < 1.29 is 9.59 Å². The molecule has 3 heteroatoms. The van der Waals surface area contributed by atoms with Crippen molar-refractivity contribution in [2.45, 2.75) is 46.0 Å². The Balaban J connectivity index is 2.58. The second kappa shape index (κ2) is 9.29. The molecule has 3 nitrogen and oxygen atoms in total. The van der Waals surface area contributed by atoms with Crippen molar-refractivity contribution in [2.24, 2.45) is 0 Å². The van der Waals surface area contributed by atoms with Crippen LogP contribution >= 0.6 is 0 Å². The molecular formula is C17H25NO2. The zero-order valence-electron chi connectivity index (χ0n) is 12.6. The van der Waals surface area contributed by atoms with Crippen LogP contribution in [0, 0.1) is 0 Å². The van der Waals surface area contributed by atoms with Gasteiger partial charge >= 0.3 is 0 Å². The van der Waals surface area contributed by atoms with E-state index in [9.17, 15) is 9.59 Å². The molecule has 0 aliphatic rings. The Bertz CT molecular complexity index is 406. The lowest BCUT2D eigenvalue weighted by Crippen LogP contribution is -2.34. The minimum absolute atomic E-state index is 0.0164. The van der Waals surface area contributed by atoms with Crippen molar-refractivity contribution in [3.05, 3.63) is 35.9 Å². The number of nitrogens with zero attached hydrogens (tertiary/aromatic N) is 1. The summed E-state index contributed by atoms with van der Waals surface area (Å²) in [5.41, 5.74) is 0.617. The number of unbranched alkanes of at least 4 members (excludes halogenated alkanes) is 2. The van der Waals surface area contributed by atoms with E-state index >= 15 is 0 Å². The molecule has 0 spiro atoms. The van der Waals surface area contributed by atoms with Gasteiger partial charge in [0.05, 0.1) is 6.42 Å². The fraction of sp³-hybridized carbons (Fsp3) is 0.529. The van der Waals surface area contributed by atoms with Gasteiger partial charge < -0.3 is 4.90 Å². The van der Waals surface area contributed by atoms with Gasteiger partial charge in [-0.1, -0.05) is 57.0 Å². The summed E-state index contributed by atoms with van der Waals surface area (Å²) in [6.45, 7) is 5.74. The molecule has 1 rings (SSSR count). The quantitative estimate of drug-likeness (QED) is 0.509. The van der Waals surface area contributed by atoms with Crippen molar-refractivity contribution in [3.8, 4) is 0 Å².